The summed E-state index contributed by atoms with van der Waals surface area (Å²) in [6.07, 6.45) is 3.40. The van der Waals surface area contributed by atoms with Gasteiger partial charge in [-0.1, -0.05) is 0 Å². The van der Waals surface area contributed by atoms with Crippen LogP contribution >= 0.6 is 0 Å². The van der Waals surface area contributed by atoms with Gasteiger partial charge in [-0.2, -0.15) is 0 Å². The van der Waals surface area contributed by atoms with Crippen molar-refractivity contribution in [2.45, 2.75) is 25.9 Å². The average Bonchev–Trinajstić information content (AvgIpc) is 3.11. The first-order chi connectivity index (χ1) is 7.72. The fourth-order valence-corrected chi connectivity index (χ4v) is 1.62. The van der Waals surface area contributed by atoms with Crippen LogP contribution in [0.15, 0.2) is 6.33 Å². The summed E-state index contributed by atoms with van der Waals surface area (Å²) < 4.78 is 0. The van der Waals surface area contributed by atoms with Crippen LogP contribution in [0.25, 0.3) is 0 Å². The zero-order chi connectivity index (χ0) is 11.5. The molecule has 1 aliphatic rings. The molecule has 6 heteroatoms. The second kappa shape index (κ2) is 4.63. The molecule has 1 aromatic heterocycles. The van der Waals surface area contributed by atoms with E-state index in [-0.39, 0.29) is 6.10 Å². The number of nitrogens with two attached hydrogens (primary N) is 1. The maximum absolute atomic E-state index is 9.72. The Morgan fingerprint density at radius 2 is 2.19 bits per heavy atom. The van der Waals surface area contributed by atoms with Gasteiger partial charge in [0.05, 0.1) is 6.10 Å². The Morgan fingerprint density at radius 3 is 2.81 bits per heavy atom. The van der Waals surface area contributed by atoms with Gasteiger partial charge in [0.2, 0.25) is 0 Å². The summed E-state index contributed by atoms with van der Waals surface area (Å²) >= 11 is 0. The highest BCUT2D eigenvalue weighted by atomic mass is 16.3. The molecule has 0 aliphatic heterocycles. The van der Waals surface area contributed by atoms with Gasteiger partial charge in [-0.3, -0.25) is 0 Å². The van der Waals surface area contributed by atoms with Crippen LogP contribution in [0.4, 0.5) is 11.6 Å². The van der Waals surface area contributed by atoms with Crippen LogP contribution in [0.3, 0.4) is 0 Å². The van der Waals surface area contributed by atoms with Crippen molar-refractivity contribution >= 4 is 11.6 Å². The SMILES string of the molecule is Cc1c(NN)ncnc1NCC(O)C1CC1. The summed E-state index contributed by atoms with van der Waals surface area (Å²) in [7, 11) is 0. The lowest BCUT2D eigenvalue weighted by Crippen LogP contribution is -2.22. The topological polar surface area (TPSA) is 96.1 Å². The number of nitrogens with one attached hydrogen (secondary N) is 2. The smallest absolute Gasteiger partial charge is 0.148 e. The van der Waals surface area contributed by atoms with E-state index in [9.17, 15) is 5.11 Å². The highest BCUT2D eigenvalue weighted by Gasteiger charge is 2.29. The van der Waals surface area contributed by atoms with E-state index in [2.05, 4.69) is 20.7 Å². The van der Waals surface area contributed by atoms with Gasteiger partial charge in [-0.15, -0.1) is 0 Å². The Balaban J connectivity index is 1.97. The largest absolute Gasteiger partial charge is 0.391 e. The number of hydrazine groups is 1. The van der Waals surface area contributed by atoms with Gasteiger partial charge in [0, 0.05) is 12.1 Å². The zero-order valence-electron chi connectivity index (χ0n) is 9.27. The Hall–Kier alpha value is -1.40. The Morgan fingerprint density at radius 1 is 1.50 bits per heavy atom. The third-order valence-corrected chi connectivity index (χ3v) is 2.87. The molecule has 6 nitrogen and oxygen atoms in total. The van der Waals surface area contributed by atoms with E-state index in [1.807, 2.05) is 6.92 Å². The van der Waals surface area contributed by atoms with Crippen LogP contribution in [0.2, 0.25) is 0 Å². The van der Waals surface area contributed by atoms with Gasteiger partial charge in [0.25, 0.3) is 0 Å². The van der Waals surface area contributed by atoms with Gasteiger partial charge in [0.15, 0.2) is 0 Å². The molecule has 1 saturated carbocycles. The molecular weight excluding hydrogens is 206 g/mol. The number of anilines is 2. The molecule has 1 aromatic rings. The molecule has 0 saturated heterocycles. The number of nitrogen functional groups attached to an aromatic ring is 1. The number of aromatic nitrogens is 2. The fraction of sp³-hybridized carbons (Fsp3) is 0.600. The lowest BCUT2D eigenvalue weighted by molar-refractivity contribution is 0.164. The molecule has 0 amide bonds. The van der Waals surface area contributed by atoms with E-state index >= 15 is 0 Å². The molecule has 1 fully saturated rings. The molecule has 1 heterocycles. The summed E-state index contributed by atoms with van der Waals surface area (Å²) in [5.74, 6) is 7.08. The normalized spacial score (nSPS) is 16.9. The third kappa shape index (κ3) is 2.40. The van der Waals surface area contributed by atoms with Crippen molar-refractivity contribution in [3.05, 3.63) is 11.9 Å². The van der Waals surface area contributed by atoms with Crippen molar-refractivity contribution in [1.82, 2.24) is 9.97 Å². The minimum atomic E-state index is -0.288. The standard InChI is InChI=1S/C10H17N5O/c1-6-9(13-5-14-10(6)15-11)12-4-8(16)7-2-3-7/h5,7-8,16H,2-4,11H2,1H3,(H2,12,13,14,15). The summed E-state index contributed by atoms with van der Waals surface area (Å²) in [6, 6.07) is 0. The number of hydrogen-bond donors (Lipinski definition) is 4. The first-order valence-electron chi connectivity index (χ1n) is 5.42. The predicted octanol–water partition coefficient (Wildman–Crippen LogP) is 0.253. The molecule has 88 valence electrons. The first kappa shape index (κ1) is 11.1. The first-order valence-corrected chi connectivity index (χ1v) is 5.42. The lowest BCUT2D eigenvalue weighted by Gasteiger charge is -2.13. The van der Waals surface area contributed by atoms with Crippen LogP contribution in [0, 0.1) is 12.8 Å². The van der Waals surface area contributed by atoms with E-state index in [0.717, 1.165) is 18.4 Å². The van der Waals surface area contributed by atoms with Crippen molar-refractivity contribution in [3.8, 4) is 0 Å². The van der Waals surface area contributed by atoms with Gasteiger partial charge >= 0.3 is 0 Å². The number of nitrogens with zero attached hydrogens (tertiary/aromatic N) is 2. The molecule has 0 aromatic carbocycles. The monoisotopic (exact) mass is 223 g/mol. The summed E-state index contributed by atoms with van der Waals surface area (Å²) in [6.45, 7) is 2.40. The summed E-state index contributed by atoms with van der Waals surface area (Å²) in [5.41, 5.74) is 3.36. The molecule has 16 heavy (non-hydrogen) atoms. The van der Waals surface area contributed by atoms with Crippen molar-refractivity contribution in [1.29, 1.82) is 0 Å². The number of aliphatic hydroxyl groups is 1. The fourth-order valence-electron chi connectivity index (χ4n) is 1.62. The van der Waals surface area contributed by atoms with Crippen LogP contribution in [-0.2, 0) is 0 Å². The highest BCUT2D eigenvalue weighted by Crippen LogP contribution is 2.32. The number of aliphatic hydroxyl groups excluding tert-OH is 1. The summed E-state index contributed by atoms with van der Waals surface area (Å²) in [4.78, 5) is 8.09. The Bertz CT molecular complexity index is 366. The molecule has 0 bridgehead atoms. The van der Waals surface area contributed by atoms with E-state index in [1.54, 1.807) is 0 Å². The quantitative estimate of drug-likeness (QED) is 0.422. The molecule has 0 radical (unpaired) electrons. The Kier molecular flexibility index (Phi) is 3.21. The predicted molar refractivity (Wildman–Crippen MR) is 61.8 cm³/mol. The zero-order valence-corrected chi connectivity index (χ0v) is 9.27. The van der Waals surface area contributed by atoms with Gasteiger partial charge in [-0.05, 0) is 25.7 Å². The molecule has 0 spiro atoms. The average molecular weight is 223 g/mol. The van der Waals surface area contributed by atoms with Crippen LogP contribution in [-0.4, -0.2) is 27.7 Å². The number of hydrogen-bond acceptors (Lipinski definition) is 6. The summed E-state index contributed by atoms with van der Waals surface area (Å²) in [5, 5.41) is 12.8. The van der Waals surface area contributed by atoms with E-state index < -0.39 is 0 Å². The number of rotatable bonds is 5. The molecule has 1 unspecified atom stereocenters. The molecular formula is C10H17N5O. The molecule has 1 aliphatic carbocycles. The van der Waals surface area contributed by atoms with Gasteiger partial charge in [-0.25, -0.2) is 15.8 Å². The minimum absolute atomic E-state index is 0.288. The molecule has 5 N–H and O–H groups in total. The van der Waals surface area contributed by atoms with Crippen molar-refractivity contribution in [3.63, 3.8) is 0 Å². The minimum Gasteiger partial charge on any atom is -0.391 e. The lowest BCUT2D eigenvalue weighted by atomic mass is 10.2. The van der Waals surface area contributed by atoms with E-state index in [1.165, 1.54) is 6.33 Å². The van der Waals surface area contributed by atoms with Crippen LogP contribution in [0.5, 0.6) is 0 Å². The van der Waals surface area contributed by atoms with E-state index in [4.69, 9.17) is 5.84 Å². The van der Waals surface area contributed by atoms with Crippen molar-refractivity contribution < 1.29 is 5.11 Å². The van der Waals surface area contributed by atoms with E-state index in [0.29, 0.717) is 24.1 Å². The molecule has 2 rings (SSSR count). The highest BCUT2D eigenvalue weighted by molar-refractivity contribution is 5.55. The maximum atomic E-state index is 9.72. The van der Waals surface area contributed by atoms with Crippen molar-refractivity contribution in [2.24, 2.45) is 11.8 Å². The van der Waals surface area contributed by atoms with Gasteiger partial charge < -0.3 is 15.8 Å². The van der Waals surface area contributed by atoms with Crippen molar-refractivity contribution in [2.75, 3.05) is 17.3 Å². The molecule has 1 atom stereocenters. The van der Waals surface area contributed by atoms with Gasteiger partial charge in [0.1, 0.15) is 18.0 Å². The second-order valence-corrected chi connectivity index (χ2v) is 4.13. The maximum Gasteiger partial charge on any atom is 0.148 e. The third-order valence-electron chi connectivity index (χ3n) is 2.87. The van der Waals surface area contributed by atoms with Crippen LogP contribution in [0.1, 0.15) is 18.4 Å². The second-order valence-electron chi connectivity index (χ2n) is 4.13. The van der Waals surface area contributed by atoms with Crippen LogP contribution < -0.4 is 16.6 Å². The Labute approximate surface area is 94.3 Å².